The number of carbonyl (C=O) groups excluding carboxylic acids is 9. The van der Waals surface area contributed by atoms with Crippen molar-refractivity contribution in [2.45, 2.75) is 123 Å². The fourth-order valence-electron chi connectivity index (χ4n) is 7.67. The van der Waals surface area contributed by atoms with Gasteiger partial charge in [0, 0.05) is 62.4 Å². The van der Waals surface area contributed by atoms with Crippen LogP contribution in [0.4, 0.5) is 8.78 Å². The van der Waals surface area contributed by atoms with E-state index < -0.39 is 139 Å². The van der Waals surface area contributed by atoms with Crippen molar-refractivity contribution in [3.63, 3.8) is 0 Å². The fourth-order valence-corrected chi connectivity index (χ4v) is 7.67. The normalized spacial score (nSPS) is 13.7. The number of carbonyl (C=O) groups is 10. The largest absolute Gasteiger partial charge is 0.480 e. The summed E-state index contributed by atoms with van der Waals surface area (Å²) in [5.74, 6) is -10.6. The molecule has 8 amide bonds. The summed E-state index contributed by atoms with van der Waals surface area (Å²) in [5, 5.41) is 34.6. The molecule has 0 bridgehead atoms. The number of carboxylic acids is 1. The molecule has 3 rings (SSSR count). The number of rotatable bonds is 27. The second kappa shape index (κ2) is 27.2. The number of aliphatic hydroxyl groups is 1. The molecule has 21 nitrogen and oxygen atoms in total. The van der Waals surface area contributed by atoms with Crippen LogP contribution in [0.5, 0.6) is 0 Å². The number of nitrogens with one attached hydrogen (secondary N) is 6. The van der Waals surface area contributed by atoms with Crippen molar-refractivity contribution in [2.24, 2.45) is 11.1 Å². The number of hydrogen-bond acceptors (Lipinski definition) is 11. The molecular formula is C49H65F2N9O12. The van der Waals surface area contributed by atoms with Gasteiger partial charge < -0.3 is 62.1 Å². The van der Waals surface area contributed by atoms with Gasteiger partial charge in [-0.2, -0.15) is 0 Å². The maximum Gasteiger partial charge on any atom is 0.328 e. The molecule has 1 aromatic heterocycles. The lowest BCUT2D eigenvalue weighted by atomic mass is 9.82. The lowest BCUT2D eigenvalue weighted by Crippen LogP contribution is -2.60. The van der Waals surface area contributed by atoms with E-state index in [4.69, 9.17) is 5.73 Å². The van der Waals surface area contributed by atoms with Gasteiger partial charge in [0.05, 0.1) is 12.5 Å². The first-order valence-electron chi connectivity index (χ1n) is 23.1. The number of nitrogens with zero attached hydrogens (tertiary/aromatic N) is 2. The van der Waals surface area contributed by atoms with E-state index in [9.17, 15) is 62.5 Å². The Morgan fingerprint density at radius 2 is 1.36 bits per heavy atom. The Morgan fingerprint density at radius 1 is 0.764 bits per heavy atom. The molecule has 0 radical (unpaired) electrons. The number of ketones is 1. The standard InChI is InChI=1S/C49H65F2N9O12/c1-27(62)12-11-15-41(65)53-23-38(48(71)72)58-46(69)36(56-47(70)37(22-40(52)64)57-45(68)29(3)55-44(67)28(2)54-30(4)63)18-19-60(42(66)26-61)43(49(5,6)7)39-20-32(34-21-33(50)16-17-35(34)51)25-59(39)24-31-13-9-8-10-14-31/h8-10,13-14,16-17,20-21,25,28-29,36-38,43,61H,11-12,15,18-19,22-24,26H2,1-7H3,(H2,52,64)(H,53,65)(H,54,63)(H,55,67)(H,56,70)(H,57,68)(H,58,69)(H,71,72)/t28-,29+,36-,37-,38+,43-/m0/s1. The topological polar surface area (TPSA) is 318 Å². The highest BCUT2D eigenvalue weighted by atomic mass is 19.1. The van der Waals surface area contributed by atoms with Crippen LogP contribution in [0.15, 0.2) is 60.8 Å². The van der Waals surface area contributed by atoms with Crippen LogP contribution < -0.4 is 37.6 Å². The SMILES string of the molecule is CC(=O)CCCC(=O)NC[C@@H](NC(=O)[C@H](CCN(C(=O)CO)[C@@H](c1cc(-c2cc(F)ccc2F)cn1Cc1ccccc1)C(C)(C)C)NC(=O)[C@H](CC(N)=O)NC(=O)[C@@H](C)NC(=O)[C@H](C)NC(C)=O)C(=O)O. The highest BCUT2D eigenvalue weighted by Crippen LogP contribution is 2.41. The van der Waals surface area contributed by atoms with Crippen LogP contribution in [0.3, 0.4) is 0 Å². The van der Waals surface area contributed by atoms with Crippen molar-refractivity contribution in [3.05, 3.63) is 83.7 Å². The molecule has 2 aromatic carbocycles. The number of aromatic nitrogens is 1. The molecule has 0 spiro atoms. The zero-order valence-electron chi connectivity index (χ0n) is 41.3. The van der Waals surface area contributed by atoms with Crippen molar-refractivity contribution in [1.29, 1.82) is 0 Å². The predicted octanol–water partition coefficient (Wildman–Crippen LogP) is 1.10. The second-order valence-electron chi connectivity index (χ2n) is 18.4. The molecular weight excluding hydrogens is 945 g/mol. The molecule has 0 saturated heterocycles. The highest BCUT2D eigenvalue weighted by Gasteiger charge is 2.39. The minimum absolute atomic E-state index is 0.0912. The van der Waals surface area contributed by atoms with E-state index in [-0.39, 0.29) is 42.7 Å². The average molecular weight is 1010 g/mol. The Hall–Kier alpha value is -7.56. The molecule has 0 aliphatic rings. The van der Waals surface area contributed by atoms with Crippen LogP contribution >= 0.6 is 0 Å². The van der Waals surface area contributed by atoms with Gasteiger partial charge in [0.25, 0.3) is 0 Å². The Kier molecular flexibility index (Phi) is 22.2. The van der Waals surface area contributed by atoms with Gasteiger partial charge in [-0.15, -0.1) is 0 Å². The fraction of sp³-hybridized carbons (Fsp3) is 0.469. The molecule has 23 heteroatoms. The summed E-state index contributed by atoms with van der Waals surface area (Å²) in [6.07, 6.45) is 0.301. The number of aliphatic hydroxyl groups excluding tert-OH is 1. The maximum atomic E-state index is 15.4. The molecule has 1 heterocycles. The quantitative estimate of drug-likeness (QED) is 0.0519. The monoisotopic (exact) mass is 1010 g/mol. The summed E-state index contributed by atoms with van der Waals surface area (Å²) in [5.41, 5.74) is 5.79. The van der Waals surface area contributed by atoms with Crippen molar-refractivity contribution < 1.29 is 66.9 Å². The molecule has 0 aliphatic carbocycles. The van der Waals surface area contributed by atoms with Crippen LogP contribution in [0.25, 0.3) is 11.1 Å². The first-order valence-corrected chi connectivity index (χ1v) is 23.1. The van der Waals surface area contributed by atoms with Crippen molar-refractivity contribution in [2.75, 3.05) is 19.7 Å². The van der Waals surface area contributed by atoms with Crippen LogP contribution in [0.1, 0.15) is 97.9 Å². The predicted molar refractivity (Wildman–Crippen MR) is 257 cm³/mol. The van der Waals surface area contributed by atoms with Gasteiger partial charge in [0.2, 0.25) is 47.3 Å². The first-order chi connectivity index (χ1) is 33.7. The molecule has 0 aliphatic heterocycles. The minimum Gasteiger partial charge on any atom is -0.480 e. The van der Waals surface area contributed by atoms with Crippen LogP contribution in [0.2, 0.25) is 0 Å². The van der Waals surface area contributed by atoms with E-state index in [0.717, 1.165) is 23.8 Å². The second-order valence-corrected chi connectivity index (χ2v) is 18.4. The highest BCUT2D eigenvalue weighted by molar-refractivity contribution is 5.97. The van der Waals surface area contributed by atoms with Crippen molar-refractivity contribution >= 4 is 59.0 Å². The molecule has 0 fully saturated rings. The number of halogens is 2. The van der Waals surface area contributed by atoms with Crippen LogP contribution in [-0.2, 0) is 54.5 Å². The van der Waals surface area contributed by atoms with E-state index >= 15 is 4.39 Å². The third-order valence-electron chi connectivity index (χ3n) is 11.2. The Bertz CT molecular complexity index is 2460. The number of primary amides is 1. The third-order valence-corrected chi connectivity index (χ3v) is 11.2. The van der Waals surface area contributed by atoms with Gasteiger partial charge in [0.1, 0.15) is 54.2 Å². The minimum atomic E-state index is -1.82. The molecule has 0 saturated carbocycles. The van der Waals surface area contributed by atoms with E-state index in [1.54, 1.807) is 55.8 Å². The molecule has 0 unspecified atom stereocenters. The summed E-state index contributed by atoms with van der Waals surface area (Å²) < 4.78 is 31.7. The van der Waals surface area contributed by atoms with Gasteiger partial charge in [-0.05, 0) is 68.9 Å². The number of amides is 8. The molecule has 72 heavy (non-hydrogen) atoms. The molecule has 3 aromatic rings. The number of aliphatic carboxylic acids is 1. The number of nitrogens with two attached hydrogens (primary N) is 1. The number of hydrogen-bond donors (Lipinski definition) is 9. The summed E-state index contributed by atoms with van der Waals surface area (Å²) in [6, 6.07) is 4.62. The number of Topliss-reactive ketones (excluding diaryl/α,β-unsaturated/α-hetero) is 1. The van der Waals surface area contributed by atoms with Crippen molar-refractivity contribution in [3.8, 4) is 11.1 Å². The van der Waals surface area contributed by atoms with Gasteiger partial charge in [-0.25, -0.2) is 13.6 Å². The van der Waals surface area contributed by atoms with Gasteiger partial charge in [-0.1, -0.05) is 51.1 Å². The van der Waals surface area contributed by atoms with E-state index in [2.05, 4.69) is 31.9 Å². The maximum absolute atomic E-state index is 15.4. The smallest absolute Gasteiger partial charge is 0.328 e. The van der Waals surface area contributed by atoms with E-state index in [1.807, 2.05) is 12.1 Å². The van der Waals surface area contributed by atoms with Gasteiger partial charge >= 0.3 is 5.97 Å². The third kappa shape index (κ3) is 18.3. The number of benzene rings is 2. The lowest BCUT2D eigenvalue weighted by Gasteiger charge is -2.41. The summed E-state index contributed by atoms with van der Waals surface area (Å²) in [6.45, 7) is 8.34. The van der Waals surface area contributed by atoms with Gasteiger partial charge in [0.15, 0.2) is 0 Å². The zero-order valence-corrected chi connectivity index (χ0v) is 41.3. The molecule has 10 N–H and O–H groups in total. The number of carboxylic acid groups (broad SMARTS) is 1. The summed E-state index contributed by atoms with van der Waals surface area (Å²) in [4.78, 5) is 130. The van der Waals surface area contributed by atoms with Crippen LogP contribution in [-0.4, -0.2) is 129 Å². The lowest BCUT2D eigenvalue weighted by molar-refractivity contribution is -0.142. The van der Waals surface area contributed by atoms with E-state index in [1.165, 1.54) is 32.6 Å². The zero-order chi connectivity index (χ0) is 54.0. The Morgan fingerprint density at radius 3 is 1.94 bits per heavy atom. The summed E-state index contributed by atoms with van der Waals surface area (Å²) >= 11 is 0. The summed E-state index contributed by atoms with van der Waals surface area (Å²) in [7, 11) is 0. The van der Waals surface area contributed by atoms with Gasteiger partial charge in [-0.3, -0.25) is 38.4 Å². The van der Waals surface area contributed by atoms with E-state index in [0.29, 0.717) is 5.69 Å². The van der Waals surface area contributed by atoms with Crippen molar-refractivity contribution in [1.82, 2.24) is 41.4 Å². The Labute approximate surface area is 415 Å². The average Bonchev–Trinajstić information content (AvgIpc) is 3.69. The molecule has 392 valence electrons. The first kappa shape index (κ1) is 58.8. The van der Waals surface area contributed by atoms with Crippen LogP contribution in [0, 0.1) is 17.0 Å². The molecule has 6 atom stereocenters. The Balaban J connectivity index is 2.12.